The molecule has 92 valence electrons. The molecule has 0 radical (unpaired) electrons. The van der Waals surface area contributed by atoms with E-state index in [9.17, 15) is 9.90 Å². The summed E-state index contributed by atoms with van der Waals surface area (Å²) in [6, 6.07) is 0. The summed E-state index contributed by atoms with van der Waals surface area (Å²) in [6.07, 6.45) is 4.28. The fraction of sp³-hybridized carbons (Fsp3) is 0.750. The van der Waals surface area contributed by atoms with Crippen molar-refractivity contribution in [3.63, 3.8) is 0 Å². The van der Waals surface area contributed by atoms with Crippen molar-refractivity contribution in [1.82, 2.24) is 4.90 Å². The molecular weight excluding hydrogens is 206 g/mol. The number of likely N-dealkylation sites (tertiary alicyclic amines) is 1. The van der Waals surface area contributed by atoms with Crippen LogP contribution in [0.4, 0.5) is 0 Å². The number of carbonyl (C=O) groups excluding carboxylic acids is 1. The SMILES string of the molecule is CCC(=CCN1CCCC(O)C1)C(=O)OC. The van der Waals surface area contributed by atoms with Gasteiger partial charge < -0.3 is 9.84 Å². The zero-order valence-corrected chi connectivity index (χ0v) is 10.1. The van der Waals surface area contributed by atoms with Gasteiger partial charge in [0.1, 0.15) is 0 Å². The highest BCUT2D eigenvalue weighted by atomic mass is 16.5. The van der Waals surface area contributed by atoms with Gasteiger partial charge >= 0.3 is 5.97 Å². The molecule has 1 N–H and O–H groups in total. The third kappa shape index (κ3) is 3.94. The maximum atomic E-state index is 11.3. The van der Waals surface area contributed by atoms with E-state index in [2.05, 4.69) is 9.64 Å². The number of nitrogens with zero attached hydrogens (tertiary/aromatic N) is 1. The van der Waals surface area contributed by atoms with Gasteiger partial charge in [-0.2, -0.15) is 0 Å². The van der Waals surface area contributed by atoms with Gasteiger partial charge in [0.05, 0.1) is 13.2 Å². The van der Waals surface area contributed by atoms with Gasteiger partial charge in [-0.25, -0.2) is 4.79 Å². The van der Waals surface area contributed by atoms with Crippen LogP contribution in [0, 0.1) is 0 Å². The Morgan fingerprint density at radius 1 is 1.62 bits per heavy atom. The molecule has 1 aliphatic rings. The number of β-amino-alcohol motifs (C(OH)–C–C–N with tert-alkyl or cyclic N) is 1. The van der Waals surface area contributed by atoms with Crippen molar-refractivity contribution >= 4 is 5.97 Å². The Labute approximate surface area is 96.9 Å². The van der Waals surface area contributed by atoms with Crippen LogP contribution in [-0.2, 0) is 9.53 Å². The molecule has 0 spiro atoms. The summed E-state index contributed by atoms with van der Waals surface area (Å²) in [5, 5.41) is 9.50. The molecule has 1 heterocycles. The van der Waals surface area contributed by atoms with Gasteiger partial charge in [-0.3, -0.25) is 4.90 Å². The van der Waals surface area contributed by atoms with E-state index in [0.29, 0.717) is 18.5 Å². The molecule has 0 aromatic carbocycles. The minimum absolute atomic E-state index is 0.217. The monoisotopic (exact) mass is 227 g/mol. The second-order valence-electron chi connectivity index (χ2n) is 4.13. The molecule has 16 heavy (non-hydrogen) atoms. The molecule has 0 bridgehead atoms. The molecule has 0 saturated carbocycles. The van der Waals surface area contributed by atoms with Crippen molar-refractivity contribution in [3.05, 3.63) is 11.6 Å². The van der Waals surface area contributed by atoms with Gasteiger partial charge in [0.15, 0.2) is 0 Å². The number of esters is 1. The molecular formula is C12H21NO3. The van der Waals surface area contributed by atoms with E-state index >= 15 is 0 Å². The van der Waals surface area contributed by atoms with Gasteiger partial charge in [0.2, 0.25) is 0 Å². The fourth-order valence-electron chi connectivity index (χ4n) is 1.94. The van der Waals surface area contributed by atoms with E-state index in [1.54, 1.807) is 0 Å². The number of aliphatic hydroxyl groups excluding tert-OH is 1. The van der Waals surface area contributed by atoms with Gasteiger partial charge in [-0.05, 0) is 25.8 Å². The van der Waals surface area contributed by atoms with E-state index < -0.39 is 0 Å². The smallest absolute Gasteiger partial charge is 0.333 e. The fourth-order valence-corrected chi connectivity index (χ4v) is 1.94. The van der Waals surface area contributed by atoms with Crippen LogP contribution in [0.2, 0.25) is 0 Å². The van der Waals surface area contributed by atoms with Crippen LogP contribution in [0.15, 0.2) is 11.6 Å². The maximum Gasteiger partial charge on any atom is 0.333 e. The number of rotatable bonds is 4. The highest BCUT2D eigenvalue weighted by Gasteiger charge is 2.17. The molecule has 0 aliphatic carbocycles. The Balaban J connectivity index is 2.46. The van der Waals surface area contributed by atoms with Crippen LogP contribution in [0.5, 0.6) is 0 Å². The molecule has 1 aliphatic heterocycles. The van der Waals surface area contributed by atoms with Gasteiger partial charge in [-0.1, -0.05) is 13.0 Å². The Bertz CT molecular complexity index is 263. The lowest BCUT2D eigenvalue weighted by Gasteiger charge is -2.29. The van der Waals surface area contributed by atoms with E-state index in [1.807, 2.05) is 13.0 Å². The van der Waals surface area contributed by atoms with Crippen LogP contribution in [0.3, 0.4) is 0 Å². The van der Waals surface area contributed by atoms with Crippen molar-refractivity contribution in [3.8, 4) is 0 Å². The van der Waals surface area contributed by atoms with Crippen molar-refractivity contribution in [2.75, 3.05) is 26.7 Å². The minimum atomic E-state index is -0.250. The second-order valence-corrected chi connectivity index (χ2v) is 4.13. The average Bonchev–Trinajstić information content (AvgIpc) is 2.29. The quantitative estimate of drug-likeness (QED) is 0.574. The first-order valence-electron chi connectivity index (χ1n) is 5.85. The lowest BCUT2D eigenvalue weighted by molar-refractivity contribution is -0.136. The van der Waals surface area contributed by atoms with Crippen molar-refractivity contribution < 1.29 is 14.6 Å². The van der Waals surface area contributed by atoms with E-state index in [1.165, 1.54) is 7.11 Å². The lowest BCUT2D eigenvalue weighted by Crippen LogP contribution is -2.38. The Hall–Kier alpha value is -0.870. The Morgan fingerprint density at radius 3 is 2.94 bits per heavy atom. The highest BCUT2D eigenvalue weighted by molar-refractivity contribution is 5.88. The summed E-state index contributed by atoms with van der Waals surface area (Å²) in [6.45, 7) is 4.35. The second kappa shape index (κ2) is 6.66. The number of carbonyl (C=O) groups is 1. The summed E-state index contributed by atoms with van der Waals surface area (Å²) in [5.41, 5.74) is 0.711. The summed E-state index contributed by atoms with van der Waals surface area (Å²) in [5.74, 6) is -0.250. The molecule has 1 saturated heterocycles. The molecule has 0 aromatic rings. The molecule has 4 nitrogen and oxygen atoms in total. The summed E-state index contributed by atoms with van der Waals surface area (Å²) < 4.78 is 4.69. The first kappa shape index (κ1) is 13.2. The van der Waals surface area contributed by atoms with Crippen LogP contribution in [-0.4, -0.2) is 48.8 Å². The Morgan fingerprint density at radius 2 is 2.38 bits per heavy atom. The van der Waals surface area contributed by atoms with Gasteiger partial charge in [0, 0.05) is 18.7 Å². The van der Waals surface area contributed by atoms with Crippen LogP contribution >= 0.6 is 0 Å². The van der Waals surface area contributed by atoms with Gasteiger partial charge in [0.25, 0.3) is 0 Å². The first-order valence-corrected chi connectivity index (χ1v) is 5.85. The van der Waals surface area contributed by atoms with Crippen molar-refractivity contribution in [1.29, 1.82) is 0 Å². The summed E-state index contributed by atoms with van der Waals surface area (Å²) in [7, 11) is 1.40. The minimum Gasteiger partial charge on any atom is -0.466 e. The molecule has 1 fully saturated rings. The normalized spacial score (nSPS) is 23.2. The topological polar surface area (TPSA) is 49.8 Å². The van der Waals surface area contributed by atoms with Crippen LogP contribution in [0.25, 0.3) is 0 Å². The van der Waals surface area contributed by atoms with Gasteiger partial charge in [-0.15, -0.1) is 0 Å². The van der Waals surface area contributed by atoms with E-state index in [-0.39, 0.29) is 12.1 Å². The standard InChI is InChI=1S/C12H21NO3/c1-3-10(12(15)16-2)6-8-13-7-4-5-11(14)9-13/h6,11,14H,3-5,7-9H2,1-2H3. The predicted molar refractivity (Wildman–Crippen MR) is 62.1 cm³/mol. The first-order chi connectivity index (χ1) is 7.67. The largest absolute Gasteiger partial charge is 0.466 e. The Kier molecular flexibility index (Phi) is 5.49. The van der Waals surface area contributed by atoms with Crippen LogP contribution in [0.1, 0.15) is 26.2 Å². The van der Waals surface area contributed by atoms with E-state index in [0.717, 1.165) is 25.9 Å². The third-order valence-electron chi connectivity index (χ3n) is 2.91. The number of piperidine rings is 1. The third-order valence-corrected chi connectivity index (χ3v) is 2.91. The number of hydrogen-bond acceptors (Lipinski definition) is 4. The lowest BCUT2D eigenvalue weighted by atomic mass is 10.1. The van der Waals surface area contributed by atoms with E-state index in [4.69, 9.17) is 0 Å². The molecule has 0 aromatic heterocycles. The summed E-state index contributed by atoms with van der Waals surface area (Å²) >= 11 is 0. The summed E-state index contributed by atoms with van der Waals surface area (Å²) in [4.78, 5) is 13.5. The molecule has 1 unspecified atom stereocenters. The van der Waals surface area contributed by atoms with Crippen LogP contribution < -0.4 is 0 Å². The zero-order valence-electron chi connectivity index (χ0n) is 10.1. The van der Waals surface area contributed by atoms with Crippen molar-refractivity contribution in [2.45, 2.75) is 32.3 Å². The number of hydrogen-bond donors (Lipinski definition) is 1. The average molecular weight is 227 g/mol. The predicted octanol–water partition coefficient (Wildman–Crippen LogP) is 0.952. The maximum absolute atomic E-state index is 11.3. The molecule has 4 heteroatoms. The molecule has 1 atom stereocenters. The number of ether oxygens (including phenoxy) is 1. The number of methoxy groups -OCH3 is 1. The zero-order chi connectivity index (χ0) is 12.0. The number of aliphatic hydroxyl groups is 1. The molecule has 1 rings (SSSR count). The molecule has 0 amide bonds. The highest BCUT2D eigenvalue weighted by Crippen LogP contribution is 2.10. The van der Waals surface area contributed by atoms with Crippen molar-refractivity contribution in [2.24, 2.45) is 0 Å².